The lowest BCUT2D eigenvalue weighted by Gasteiger charge is -2.22. The van der Waals surface area contributed by atoms with E-state index in [1.807, 2.05) is 20.8 Å². The van der Waals surface area contributed by atoms with E-state index in [9.17, 15) is 26.7 Å². The number of pyridine rings is 1. The summed E-state index contributed by atoms with van der Waals surface area (Å²) >= 11 is 0. The van der Waals surface area contributed by atoms with Crippen LogP contribution in [0, 0.1) is 0 Å². The van der Waals surface area contributed by atoms with Gasteiger partial charge in [-0.15, -0.1) is 0 Å². The first-order valence-corrected chi connectivity index (χ1v) is 12.0. The molecular formula is C24H25F3N2O3S. The molecule has 0 fully saturated rings. The molecule has 0 atom stereocenters. The normalized spacial score (nSPS) is 12.7. The third-order valence-electron chi connectivity index (χ3n) is 4.98. The Morgan fingerprint density at radius 1 is 0.939 bits per heavy atom. The van der Waals surface area contributed by atoms with E-state index in [4.69, 9.17) is 0 Å². The van der Waals surface area contributed by atoms with Crippen molar-refractivity contribution in [3.63, 3.8) is 0 Å². The Balaban J connectivity index is 2.12. The number of halogens is 3. The maximum absolute atomic E-state index is 12.9. The van der Waals surface area contributed by atoms with E-state index in [1.165, 1.54) is 18.2 Å². The minimum atomic E-state index is -4.56. The molecule has 176 valence electrons. The van der Waals surface area contributed by atoms with Crippen LogP contribution in [0.4, 0.5) is 13.2 Å². The quantitative estimate of drug-likeness (QED) is 0.511. The van der Waals surface area contributed by atoms with Crippen LogP contribution in [0.5, 0.6) is 5.75 Å². The smallest absolute Gasteiger partial charge is 0.433 e. The van der Waals surface area contributed by atoms with Gasteiger partial charge in [-0.05, 0) is 62.2 Å². The summed E-state index contributed by atoms with van der Waals surface area (Å²) in [7, 11) is -3.36. The molecule has 0 aliphatic rings. The van der Waals surface area contributed by atoms with Gasteiger partial charge < -0.3 is 10.4 Å². The standard InChI is InChI=1S/C24H25F3N2O3S/c1-23(2,3)29-14-18-11-17(15-5-8-19(9-6-15)33(4,31)32)12-20(22(18)30)16-7-10-21(28-13-16)24(25,26)27/h5-13,29-30H,14H2,1-4H3. The number of benzene rings is 2. The number of hydrogen-bond acceptors (Lipinski definition) is 5. The summed E-state index contributed by atoms with van der Waals surface area (Å²) in [5.74, 6) is -0.0650. The molecule has 9 heteroatoms. The van der Waals surface area contributed by atoms with Crippen molar-refractivity contribution in [2.24, 2.45) is 0 Å². The molecule has 1 aromatic heterocycles. The molecule has 0 aliphatic heterocycles. The van der Waals surface area contributed by atoms with E-state index in [1.54, 1.807) is 24.3 Å². The molecule has 0 radical (unpaired) electrons. The molecule has 3 rings (SSSR count). The predicted molar refractivity (Wildman–Crippen MR) is 121 cm³/mol. The average Bonchev–Trinajstić information content (AvgIpc) is 2.71. The lowest BCUT2D eigenvalue weighted by molar-refractivity contribution is -0.141. The molecule has 0 spiro atoms. The first kappa shape index (κ1) is 24.7. The first-order chi connectivity index (χ1) is 15.1. The highest BCUT2D eigenvalue weighted by molar-refractivity contribution is 7.90. The summed E-state index contributed by atoms with van der Waals surface area (Å²) in [6, 6.07) is 11.8. The van der Waals surface area contributed by atoms with Crippen LogP contribution in [0.3, 0.4) is 0 Å². The molecule has 2 N–H and O–H groups in total. The third-order valence-corrected chi connectivity index (χ3v) is 6.11. The summed E-state index contributed by atoms with van der Waals surface area (Å²) < 4.78 is 62.3. The minimum Gasteiger partial charge on any atom is -0.507 e. The highest BCUT2D eigenvalue weighted by Crippen LogP contribution is 2.38. The monoisotopic (exact) mass is 478 g/mol. The van der Waals surface area contributed by atoms with Crippen molar-refractivity contribution in [1.29, 1.82) is 0 Å². The molecule has 0 amide bonds. The van der Waals surface area contributed by atoms with Crippen LogP contribution in [0.15, 0.2) is 59.6 Å². The molecule has 0 unspecified atom stereocenters. The number of sulfone groups is 1. The average molecular weight is 479 g/mol. The zero-order valence-electron chi connectivity index (χ0n) is 18.7. The molecule has 0 saturated carbocycles. The van der Waals surface area contributed by atoms with Crippen molar-refractivity contribution < 1.29 is 26.7 Å². The summed E-state index contributed by atoms with van der Waals surface area (Å²) in [6.07, 6.45) is -2.37. The number of aromatic hydroxyl groups is 1. The third kappa shape index (κ3) is 6.11. The van der Waals surface area contributed by atoms with Gasteiger partial charge in [-0.1, -0.05) is 18.2 Å². The molecule has 0 aliphatic carbocycles. The second kappa shape index (κ2) is 8.79. The van der Waals surface area contributed by atoms with Gasteiger partial charge in [0.15, 0.2) is 9.84 Å². The van der Waals surface area contributed by atoms with Crippen molar-refractivity contribution in [3.05, 3.63) is 66.0 Å². The van der Waals surface area contributed by atoms with Crippen LogP contribution in [0.2, 0.25) is 0 Å². The first-order valence-electron chi connectivity index (χ1n) is 10.1. The van der Waals surface area contributed by atoms with E-state index in [2.05, 4.69) is 10.3 Å². The summed E-state index contributed by atoms with van der Waals surface area (Å²) in [6.45, 7) is 6.22. The molecule has 1 heterocycles. The van der Waals surface area contributed by atoms with Crippen LogP contribution in [0.1, 0.15) is 32.0 Å². The van der Waals surface area contributed by atoms with Crippen LogP contribution in [-0.2, 0) is 22.6 Å². The largest absolute Gasteiger partial charge is 0.507 e. The SMILES string of the molecule is CC(C)(C)NCc1cc(-c2ccc(S(C)(=O)=O)cc2)cc(-c2ccc(C(F)(F)F)nc2)c1O. The lowest BCUT2D eigenvalue weighted by Crippen LogP contribution is -2.35. The number of phenolic OH excluding ortho intramolecular Hbond substituents is 1. The van der Waals surface area contributed by atoms with Gasteiger partial charge in [0.1, 0.15) is 11.4 Å². The highest BCUT2D eigenvalue weighted by atomic mass is 32.2. The van der Waals surface area contributed by atoms with Gasteiger partial charge in [0.05, 0.1) is 4.90 Å². The van der Waals surface area contributed by atoms with Crippen molar-refractivity contribution >= 4 is 9.84 Å². The van der Waals surface area contributed by atoms with Crippen LogP contribution < -0.4 is 5.32 Å². The van der Waals surface area contributed by atoms with Crippen LogP contribution in [-0.4, -0.2) is 30.3 Å². The van der Waals surface area contributed by atoms with E-state index >= 15 is 0 Å². The minimum absolute atomic E-state index is 0.0650. The molecule has 5 nitrogen and oxygen atoms in total. The summed E-state index contributed by atoms with van der Waals surface area (Å²) in [5, 5.41) is 14.2. The number of rotatable bonds is 5. The second-order valence-electron chi connectivity index (χ2n) is 8.86. The Labute approximate surface area is 191 Å². The van der Waals surface area contributed by atoms with E-state index in [-0.39, 0.29) is 16.2 Å². The predicted octanol–water partition coefficient (Wildman–Crippen LogP) is 5.43. The Morgan fingerprint density at radius 3 is 2.03 bits per heavy atom. The fourth-order valence-corrected chi connectivity index (χ4v) is 3.82. The van der Waals surface area contributed by atoms with Crippen molar-refractivity contribution in [3.8, 4) is 28.0 Å². The number of alkyl halides is 3. The van der Waals surface area contributed by atoms with Gasteiger partial charge in [-0.2, -0.15) is 13.2 Å². The maximum atomic E-state index is 12.9. The van der Waals surface area contributed by atoms with E-state index < -0.39 is 21.7 Å². The van der Waals surface area contributed by atoms with Crippen molar-refractivity contribution in [1.82, 2.24) is 10.3 Å². The zero-order chi connectivity index (χ0) is 24.6. The fraction of sp³-hybridized carbons (Fsp3) is 0.292. The van der Waals surface area contributed by atoms with Crippen molar-refractivity contribution in [2.45, 2.75) is 43.9 Å². The number of aromatic nitrogens is 1. The van der Waals surface area contributed by atoms with Gasteiger partial charge in [0.25, 0.3) is 0 Å². The molecule has 3 aromatic rings. The highest BCUT2D eigenvalue weighted by Gasteiger charge is 2.32. The van der Waals surface area contributed by atoms with Crippen LogP contribution >= 0.6 is 0 Å². The Bertz CT molecular complexity index is 1250. The lowest BCUT2D eigenvalue weighted by atomic mass is 9.95. The van der Waals surface area contributed by atoms with Crippen LogP contribution in [0.25, 0.3) is 22.3 Å². The molecular weight excluding hydrogens is 453 g/mol. The summed E-state index contributed by atoms with van der Waals surface area (Å²) in [5.41, 5.74) is 1.31. The number of phenols is 1. The topological polar surface area (TPSA) is 79.3 Å². The van der Waals surface area contributed by atoms with Gasteiger partial charge in [0, 0.05) is 41.2 Å². The molecule has 33 heavy (non-hydrogen) atoms. The summed E-state index contributed by atoms with van der Waals surface area (Å²) in [4.78, 5) is 3.68. The number of hydrogen-bond donors (Lipinski definition) is 2. The molecule has 2 aromatic carbocycles. The van der Waals surface area contributed by atoms with Gasteiger partial charge in [-0.25, -0.2) is 8.42 Å². The Hall–Kier alpha value is -2.91. The van der Waals surface area contributed by atoms with Gasteiger partial charge >= 0.3 is 6.18 Å². The van der Waals surface area contributed by atoms with E-state index in [0.717, 1.165) is 18.5 Å². The number of nitrogens with zero attached hydrogens (tertiary/aromatic N) is 1. The fourth-order valence-electron chi connectivity index (χ4n) is 3.19. The zero-order valence-corrected chi connectivity index (χ0v) is 19.5. The second-order valence-corrected chi connectivity index (χ2v) is 10.9. The number of nitrogens with one attached hydrogen (secondary N) is 1. The van der Waals surface area contributed by atoms with E-state index in [0.29, 0.717) is 34.4 Å². The van der Waals surface area contributed by atoms with Crippen molar-refractivity contribution in [2.75, 3.05) is 6.26 Å². The Morgan fingerprint density at radius 2 is 1.55 bits per heavy atom. The van der Waals surface area contributed by atoms with Gasteiger partial charge in [0.2, 0.25) is 0 Å². The van der Waals surface area contributed by atoms with Gasteiger partial charge in [-0.3, -0.25) is 4.98 Å². The molecule has 0 bridgehead atoms. The maximum Gasteiger partial charge on any atom is 0.433 e. The Kier molecular flexibility index (Phi) is 6.59. The molecule has 0 saturated heterocycles.